The van der Waals surface area contributed by atoms with Crippen LogP contribution in [0.5, 0.6) is 5.88 Å². The number of benzene rings is 1. The van der Waals surface area contributed by atoms with Gasteiger partial charge in [-0.1, -0.05) is 0 Å². The molecular weight excluding hydrogens is 495 g/mol. The average molecular weight is 524 g/mol. The lowest BCUT2D eigenvalue weighted by molar-refractivity contribution is -0.140. The van der Waals surface area contributed by atoms with E-state index in [0.717, 1.165) is 60.2 Å². The molecule has 198 valence electrons. The van der Waals surface area contributed by atoms with Gasteiger partial charge < -0.3 is 14.2 Å². The Hall–Kier alpha value is -3.89. The number of aryl methyl sites for hydroxylation is 2. The van der Waals surface area contributed by atoms with Crippen molar-refractivity contribution in [3.05, 3.63) is 59.4 Å². The predicted octanol–water partition coefficient (Wildman–Crippen LogP) is 5.14. The minimum atomic E-state index is -4.48. The minimum absolute atomic E-state index is 0.277. The van der Waals surface area contributed by atoms with Crippen molar-refractivity contribution in [3.63, 3.8) is 0 Å². The van der Waals surface area contributed by atoms with E-state index >= 15 is 0 Å². The molecule has 11 heteroatoms. The van der Waals surface area contributed by atoms with Crippen LogP contribution in [-0.4, -0.2) is 42.5 Å². The maximum Gasteiger partial charge on any atom is 0.434 e. The molecule has 38 heavy (non-hydrogen) atoms. The van der Waals surface area contributed by atoms with Gasteiger partial charge in [-0.05, 0) is 44.0 Å². The van der Waals surface area contributed by atoms with Crippen LogP contribution < -0.4 is 9.64 Å². The Labute approximate surface area is 218 Å². The monoisotopic (exact) mass is 523 g/mol. The van der Waals surface area contributed by atoms with E-state index in [-0.39, 0.29) is 5.82 Å². The van der Waals surface area contributed by atoms with E-state index in [2.05, 4.69) is 19.9 Å². The number of hydrogen-bond donors (Lipinski definition) is 0. The Morgan fingerprint density at radius 3 is 2.50 bits per heavy atom. The number of rotatable bonds is 6. The average Bonchev–Trinajstić information content (AvgIpc) is 3.59. The van der Waals surface area contributed by atoms with Gasteiger partial charge in [0.1, 0.15) is 17.8 Å². The van der Waals surface area contributed by atoms with E-state index in [4.69, 9.17) is 9.84 Å². The van der Waals surface area contributed by atoms with Crippen molar-refractivity contribution in [2.75, 3.05) is 18.1 Å². The molecule has 2 aliphatic rings. The zero-order valence-corrected chi connectivity index (χ0v) is 21.5. The summed E-state index contributed by atoms with van der Waals surface area (Å²) in [6.07, 6.45) is 1.12. The highest BCUT2D eigenvalue weighted by molar-refractivity contribution is 5.73. The molecule has 3 aromatic heterocycles. The van der Waals surface area contributed by atoms with Gasteiger partial charge in [-0.15, -0.1) is 0 Å². The molecule has 0 radical (unpaired) electrons. The van der Waals surface area contributed by atoms with Gasteiger partial charge in [-0.2, -0.15) is 18.3 Å². The molecule has 4 heterocycles. The van der Waals surface area contributed by atoms with Crippen LogP contribution in [0.3, 0.4) is 0 Å². The van der Waals surface area contributed by atoms with Crippen molar-refractivity contribution in [2.45, 2.75) is 44.8 Å². The largest absolute Gasteiger partial charge is 0.477 e. The molecule has 0 amide bonds. The second-order valence-corrected chi connectivity index (χ2v) is 9.82. The molecule has 8 nitrogen and oxygen atoms in total. The normalized spacial score (nSPS) is 15.6. The molecule has 0 bridgehead atoms. The SMILES string of the molecule is CCOc1ncnc(C2CC2)c1-c1nn(C)c2c1CN(c1ccc(-c3nc(C(F)(F)F)cn3C)cc1)CC2. The number of halogens is 3. The Morgan fingerprint density at radius 2 is 1.84 bits per heavy atom. The van der Waals surface area contributed by atoms with Crippen LogP contribution in [-0.2, 0) is 33.2 Å². The summed E-state index contributed by atoms with van der Waals surface area (Å²) in [7, 11) is 3.54. The van der Waals surface area contributed by atoms with Crippen LogP contribution in [0.2, 0.25) is 0 Å². The van der Waals surface area contributed by atoms with E-state index in [0.29, 0.717) is 30.5 Å². The fourth-order valence-electron chi connectivity index (χ4n) is 5.22. The zero-order chi connectivity index (χ0) is 26.6. The zero-order valence-electron chi connectivity index (χ0n) is 21.5. The lowest BCUT2D eigenvalue weighted by Crippen LogP contribution is -2.31. The quantitative estimate of drug-likeness (QED) is 0.349. The highest BCUT2D eigenvalue weighted by Gasteiger charge is 2.35. The van der Waals surface area contributed by atoms with Gasteiger partial charge in [0.25, 0.3) is 0 Å². The summed E-state index contributed by atoms with van der Waals surface area (Å²) in [5.41, 5.74) is 5.77. The second kappa shape index (κ2) is 9.14. The molecule has 0 spiro atoms. The molecule has 1 aromatic carbocycles. The van der Waals surface area contributed by atoms with Gasteiger partial charge in [0, 0.05) is 68.2 Å². The maximum absolute atomic E-state index is 13.1. The molecule has 0 saturated heterocycles. The van der Waals surface area contributed by atoms with Crippen molar-refractivity contribution in [1.29, 1.82) is 0 Å². The highest BCUT2D eigenvalue weighted by Crippen LogP contribution is 2.47. The first-order valence-electron chi connectivity index (χ1n) is 12.7. The first-order chi connectivity index (χ1) is 18.2. The van der Waals surface area contributed by atoms with Crippen molar-refractivity contribution >= 4 is 5.69 Å². The second-order valence-electron chi connectivity index (χ2n) is 9.82. The van der Waals surface area contributed by atoms with Crippen molar-refractivity contribution < 1.29 is 17.9 Å². The van der Waals surface area contributed by atoms with Gasteiger partial charge in [0.15, 0.2) is 5.69 Å². The molecule has 1 saturated carbocycles. The third-order valence-corrected chi connectivity index (χ3v) is 7.22. The predicted molar refractivity (Wildman–Crippen MR) is 136 cm³/mol. The van der Waals surface area contributed by atoms with Gasteiger partial charge in [-0.3, -0.25) is 4.68 Å². The summed E-state index contributed by atoms with van der Waals surface area (Å²) in [5.74, 6) is 1.25. The Morgan fingerprint density at radius 1 is 1.08 bits per heavy atom. The first kappa shape index (κ1) is 24.4. The number of nitrogens with zero attached hydrogens (tertiary/aromatic N) is 7. The maximum atomic E-state index is 13.1. The number of hydrogen-bond acceptors (Lipinski definition) is 6. The Kier molecular flexibility index (Phi) is 5.88. The number of fused-ring (bicyclic) bond motifs is 1. The minimum Gasteiger partial charge on any atom is -0.477 e. The number of ether oxygens (including phenoxy) is 1. The van der Waals surface area contributed by atoms with E-state index in [9.17, 15) is 13.2 Å². The molecule has 1 fully saturated rings. The van der Waals surface area contributed by atoms with Crippen LogP contribution in [0, 0.1) is 0 Å². The number of aromatic nitrogens is 6. The van der Waals surface area contributed by atoms with Crippen molar-refractivity contribution in [2.24, 2.45) is 14.1 Å². The fraction of sp³-hybridized carbons (Fsp3) is 0.407. The van der Waals surface area contributed by atoms with E-state index < -0.39 is 11.9 Å². The van der Waals surface area contributed by atoms with Crippen molar-refractivity contribution in [3.8, 4) is 28.5 Å². The highest BCUT2D eigenvalue weighted by atomic mass is 19.4. The molecule has 1 aliphatic carbocycles. The first-order valence-corrected chi connectivity index (χ1v) is 12.7. The van der Waals surface area contributed by atoms with Gasteiger partial charge in [-0.25, -0.2) is 15.0 Å². The van der Waals surface area contributed by atoms with Gasteiger partial charge in [0.2, 0.25) is 5.88 Å². The van der Waals surface area contributed by atoms with Gasteiger partial charge >= 0.3 is 6.18 Å². The molecule has 0 unspecified atom stereocenters. The Bertz CT molecular complexity index is 1490. The van der Waals surface area contributed by atoms with Crippen LogP contribution >= 0.6 is 0 Å². The molecule has 0 atom stereocenters. The molecule has 0 N–H and O–H groups in total. The summed E-state index contributed by atoms with van der Waals surface area (Å²) in [6, 6.07) is 7.51. The van der Waals surface area contributed by atoms with Crippen LogP contribution in [0.1, 0.15) is 48.3 Å². The molecular formula is C27H28F3N7O. The standard InChI is InChI=1S/C27H28F3N7O/c1-4-38-26-22(23(16-5-6-16)31-15-32-26)24-19-13-37(12-11-20(19)36(3)34-24)18-9-7-17(8-10-18)25-33-21(14-35(25)2)27(28,29)30/h7-10,14-16H,4-6,11-13H2,1-3H3. The summed E-state index contributed by atoms with van der Waals surface area (Å²) < 4.78 is 48.6. The van der Waals surface area contributed by atoms with Crippen LogP contribution in [0.4, 0.5) is 18.9 Å². The molecule has 4 aromatic rings. The van der Waals surface area contributed by atoms with E-state index in [1.165, 1.54) is 10.3 Å². The summed E-state index contributed by atoms with van der Waals surface area (Å²) in [4.78, 5) is 15.1. The number of anilines is 1. The number of alkyl halides is 3. The smallest absolute Gasteiger partial charge is 0.434 e. The van der Waals surface area contributed by atoms with E-state index in [1.54, 1.807) is 13.4 Å². The molecule has 6 rings (SSSR count). The summed E-state index contributed by atoms with van der Waals surface area (Å²) in [5, 5.41) is 4.92. The van der Waals surface area contributed by atoms with E-state index in [1.807, 2.05) is 42.9 Å². The van der Waals surface area contributed by atoms with Crippen molar-refractivity contribution in [1.82, 2.24) is 29.3 Å². The third kappa shape index (κ3) is 4.29. The fourth-order valence-corrected chi connectivity index (χ4v) is 5.22. The van der Waals surface area contributed by atoms with Crippen LogP contribution in [0.25, 0.3) is 22.6 Å². The molecule has 1 aliphatic heterocycles. The summed E-state index contributed by atoms with van der Waals surface area (Å²) in [6.45, 7) is 3.88. The summed E-state index contributed by atoms with van der Waals surface area (Å²) >= 11 is 0. The van der Waals surface area contributed by atoms with Gasteiger partial charge in [0.05, 0.1) is 17.9 Å². The lowest BCUT2D eigenvalue weighted by atomic mass is 9.98. The topological polar surface area (TPSA) is 73.9 Å². The Balaban J connectivity index is 1.32. The number of imidazole rings is 1. The third-order valence-electron chi connectivity index (χ3n) is 7.22. The lowest BCUT2D eigenvalue weighted by Gasteiger charge is -2.30. The van der Waals surface area contributed by atoms with Crippen LogP contribution in [0.15, 0.2) is 36.8 Å².